The fraction of sp³-hybridized carbons (Fsp3) is 0.200. The first-order valence-electron chi connectivity index (χ1n) is 4.88. The van der Waals surface area contributed by atoms with Crippen molar-refractivity contribution in [3.8, 4) is 0 Å². The average Bonchev–Trinajstić information content (AvgIpc) is 2.70. The number of ether oxygens (including phenoxy) is 1. The van der Waals surface area contributed by atoms with Gasteiger partial charge in [-0.2, -0.15) is 0 Å². The van der Waals surface area contributed by atoms with E-state index in [1.165, 1.54) is 7.11 Å². The molecule has 3 N–H and O–H groups in total. The molecule has 0 fully saturated rings. The molecule has 0 bridgehead atoms. The average molecular weight is 286 g/mol. The Hall–Kier alpha value is -2.26. The molecular formula is C10H10N2O6S. The number of carbonyl (C=O) groups is 3. The van der Waals surface area contributed by atoms with Gasteiger partial charge in [-0.15, -0.1) is 0 Å². The van der Waals surface area contributed by atoms with E-state index in [-0.39, 0.29) is 22.3 Å². The highest BCUT2D eigenvalue weighted by Crippen LogP contribution is 2.23. The Morgan fingerprint density at radius 2 is 2.05 bits per heavy atom. The highest BCUT2D eigenvalue weighted by Gasteiger charge is 2.17. The van der Waals surface area contributed by atoms with Gasteiger partial charge in [-0.3, -0.25) is 10.1 Å². The van der Waals surface area contributed by atoms with Crippen LogP contribution in [0.5, 0.6) is 0 Å². The van der Waals surface area contributed by atoms with Crippen molar-refractivity contribution in [3.63, 3.8) is 0 Å². The molecule has 1 rings (SSSR count). The lowest BCUT2D eigenvalue weighted by Gasteiger charge is -1.95. The predicted molar refractivity (Wildman–Crippen MR) is 65.2 cm³/mol. The highest BCUT2D eigenvalue weighted by molar-refractivity contribution is 7.17. The minimum Gasteiger partial charge on any atom is -0.478 e. The Bertz CT molecular complexity index is 536. The maximum atomic E-state index is 11.3. The lowest BCUT2D eigenvalue weighted by molar-refractivity contribution is -0.131. The molecule has 102 valence electrons. The number of nitrogens with one attached hydrogen (secondary N) is 1. The summed E-state index contributed by atoms with van der Waals surface area (Å²) in [6.45, 7) is -0.00102. The second kappa shape index (κ2) is 6.61. The van der Waals surface area contributed by atoms with Gasteiger partial charge < -0.3 is 14.9 Å². The van der Waals surface area contributed by atoms with Gasteiger partial charge >= 0.3 is 11.9 Å². The van der Waals surface area contributed by atoms with Crippen LogP contribution in [0.1, 0.15) is 15.4 Å². The molecule has 1 aromatic rings. The van der Waals surface area contributed by atoms with Crippen LogP contribution in [0.15, 0.2) is 12.2 Å². The maximum Gasteiger partial charge on any atom is 0.347 e. The Labute approximate surface area is 111 Å². The molecule has 0 saturated carbocycles. The van der Waals surface area contributed by atoms with Crippen molar-refractivity contribution < 1.29 is 29.3 Å². The lowest BCUT2D eigenvalue weighted by Crippen LogP contribution is -2.08. The molecule has 19 heavy (non-hydrogen) atoms. The number of aromatic carboxylic acids is 1. The second-order valence-corrected chi connectivity index (χ2v) is 4.19. The van der Waals surface area contributed by atoms with Crippen LogP contribution in [0, 0.1) is 0 Å². The number of carbonyl (C=O) groups excluding carboxylic acids is 1. The van der Waals surface area contributed by atoms with Gasteiger partial charge in [-0.25, -0.2) is 14.6 Å². The zero-order valence-corrected chi connectivity index (χ0v) is 10.6. The van der Waals surface area contributed by atoms with Crippen molar-refractivity contribution in [1.82, 2.24) is 4.98 Å². The molecular weight excluding hydrogens is 276 g/mol. The van der Waals surface area contributed by atoms with Gasteiger partial charge in [0.05, 0.1) is 12.3 Å². The molecule has 1 aromatic heterocycles. The number of amides is 1. The fourth-order valence-corrected chi connectivity index (χ4v) is 1.91. The van der Waals surface area contributed by atoms with Gasteiger partial charge in [0.15, 0.2) is 5.13 Å². The quantitative estimate of drug-likeness (QED) is 0.652. The number of thiazole rings is 1. The molecule has 0 aliphatic rings. The first-order chi connectivity index (χ1) is 8.93. The van der Waals surface area contributed by atoms with E-state index in [4.69, 9.17) is 14.9 Å². The van der Waals surface area contributed by atoms with E-state index in [9.17, 15) is 14.4 Å². The molecule has 1 heterocycles. The van der Waals surface area contributed by atoms with Crippen molar-refractivity contribution in [2.24, 2.45) is 0 Å². The Balaban J connectivity index is 2.84. The third-order valence-electron chi connectivity index (χ3n) is 1.78. The van der Waals surface area contributed by atoms with Crippen LogP contribution < -0.4 is 5.32 Å². The highest BCUT2D eigenvalue weighted by atomic mass is 32.1. The summed E-state index contributed by atoms with van der Waals surface area (Å²) in [7, 11) is 1.39. The van der Waals surface area contributed by atoms with Crippen molar-refractivity contribution in [2.75, 3.05) is 12.4 Å². The molecule has 0 unspecified atom stereocenters. The number of anilines is 1. The third-order valence-corrected chi connectivity index (χ3v) is 2.78. The number of hydrogen-bond acceptors (Lipinski definition) is 6. The molecule has 8 nitrogen and oxygen atoms in total. The molecule has 9 heteroatoms. The van der Waals surface area contributed by atoms with Gasteiger partial charge in [-0.05, 0) is 0 Å². The number of aromatic nitrogens is 1. The summed E-state index contributed by atoms with van der Waals surface area (Å²) in [6, 6.07) is 0. The number of carboxylic acids is 2. The maximum absolute atomic E-state index is 11.3. The van der Waals surface area contributed by atoms with E-state index in [0.717, 1.165) is 17.4 Å². The van der Waals surface area contributed by atoms with Crippen molar-refractivity contribution in [2.45, 2.75) is 6.61 Å². The van der Waals surface area contributed by atoms with Gasteiger partial charge in [0.1, 0.15) is 4.88 Å². The van der Waals surface area contributed by atoms with Crippen molar-refractivity contribution in [3.05, 3.63) is 22.7 Å². The summed E-state index contributed by atoms with van der Waals surface area (Å²) in [5.74, 6) is -3.15. The molecule has 0 aliphatic carbocycles. The topological polar surface area (TPSA) is 126 Å². The summed E-state index contributed by atoms with van der Waals surface area (Å²) >= 11 is 0.766. The van der Waals surface area contributed by atoms with Crippen LogP contribution in [0.3, 0.4) is 0 Å². The van der Waals surface area contributed by atoms with Crippen molar-refractivity contribution >= 4 is 34.3 Å². The minimum absolute atomic E-state index is 0.00102. The largest absolute Gasteiger partial charge is 0.478 e. The molecule has 1 amide bonds. The molecule has 0 aliphatic heterocycles. The number of carboxylic acid groups (broad SMARTS) is 2. The first-order valence-corrected chi connectivity index (χ1v) is 5.69. The fourth-order valence-electron chi connectivity index (χ4n) is 1.10. The number of methoxy groups -OCH3 is 1. The van der Waals surface area contributed by atoms with Crippen LogP contribution in [-0.4, -0.2) is 40.2 Å². The molecule has 0 saturated heterocycles. The van der Waals surface area contributed by atoms with Gasteiger partial charge in [0.2, 0.25) is 5.91 Å². The Morgan fingerprint density at radius 3 is 2.58 bits per heavy atom. The Morgan fingerprint density at radius 1 is 1.37 bits per heavy atom. The summed E-state index contributed by atoms with van der Waals surface area (Å²) < 4.78 is 4.79. The standard InChI is InChI=1S/C10H10N2O6S/c1-18-4-5-8(9(16)17)19-10(11-5)12-6(13)2-3-7(14)15/h2-3H,4H2,1H3,(H,14,15)(H,16,17)(H,11,12,13)/b3-2+. The van der Waals surface area contributed by atoms with Crippen LogP contribution >= 0.6 is 11.3 Å². The Kier molecular flexibility index (Phi) is 5.15. The van der Waals surface area contributed by atoms with E-state index in [0.29, 0.717) is 6.08 Å². The summed E-state index contributed by atoms with van der Waals surface area (Å²) in [6.07, 6.45) is 1.47. The number of rotatable bonds is 6. The molecule has 0 radical (unpaired) electrons. The first kappa shape index (κ1) is 14.8. The molecule has 0 atom stereocenters. The monoisotopic (exact) mass is 286 g/mol. The second-order valence-electron chi connectivity index (χ2n) is 3.19. The number of nitrogens with zero attached hydrogens (tertiary/aromatic N) is 1. The van der Waals surface area contributed by atoms with E-state index in [1.54, 1.807) is 0 Å². The molecule has 0 aromatic carbocycles. The normalized spacial score (nSPS) is 10.6. The van der Waals surface area contributed by atoms with E-state index in [2.05, 4.69) is 10.3 Å². The van der Waals surface area contributed by atoms with E-state index < -0.39 is 17.8 Å². The molecule has 0 spiro atoms. The smallest absolute Gasteiger partial charge is 0.347 e. The van der Waals surface area contributed by atoms with Gasteiger partial charge in [0.25, 0.3) is 0 Å². The summed E-state index contributed by atoms with van der Waals surface area (Å²) in [5, 5.41) is 19.6. The van der Waals surface area contributed by atoms with Crippen LogP contribution in [0.25, 0.3) is 0 Å². The van der Waals surface area contributed by atoms with E-state index in [1.807, 2.05) is 0 Å². The van der Waals surface area contributed by atoms with Crippen LogP contribution in [0.4, 0.5) is 5.13 Å². The number of aliphatic carboxylic acids is 1. The predicted octanol–water partition coefficient (Wildman–Crippen LogP) is 0.567. The zero-order valence-electron chi connectivity index (χ0n) is 9.74. The SMILES string of the molecule is COCc1nc(NC(=O)/C=C/C(=O)O)sc1C(=O)O. The summed E-state index contributed by atoms with van der Waals surface area (Å²) in [5.41, 5.74) is 0.192. The van der Waals surface area contributed by atoms with Crippen LogP contribution in [0.2, 0.25) is 0 Å². The van der Waals surface area contributed by atoms with Crippen LogP contribution in [-0.2, 0) is 20.9 Å². The summed E-state index contributed by atoms with van der Waals surface area (Å²) in [4.78, 5) is 36.3. The van der Waals surface area contributed by atoms with Gasteiger partial charge in [-0.1, -0.05) is 11.3 Å². The lowest BCUT2D eigenvalue weighted by atomic mass is 10.4. The van der Waals surface area contributed by atoms with Crippen molar-refractivity contribution in [1.29, 1.82) is 0 Å². The van der Waals surface area contributed by atoms with Gasteiger partial charge in [0, 0.05) is 19.3 Å². The zero-order chi connectivity index (χ0) is 14.4. The number of hydrogen-bond donors (Lipinski definition) is 3. The third kappa shape index (κ3) is 4.48. The van der Waals surface area contributed by atoms with E-state index >= 15 is 0 Å². The minimum atomic E-state index is -1.26.